The number of benzene rings is 1. The Morgan fingerprint density at radius 1 is 1.32 bits per heavy atom. The Morgan fingerprint density at radius 2 is 2.11 bits per heavy atom. The molecule has 1 atom stereocenters. The first kappa shape index (κ1) is 18.3. The Kier molecular flexibility index (Phi) is 4.93. The van der Waals surface area contributed by atoms with Crippen LogP contribution in [-0.4, -0.2) is 35.3 Å². The van der Waals surface area contributed by atoms with Gasteiger partial charge in [0.25, 0.3) is 5.91 Å². The van der Waals surface area contributed by atoms with Crippen LogP contribution >= 0.6 is 0 Å². The van der Waals surface area contributed by atoms with E-state index < -0.39 is 5.91 Å². The topological polar surface area (TPSA) is 108 Å². The largest absolute Gasteiger partial charge is 0.493 e. The molecule has 2 amide bonds. The van der Waals surface area contributed by atoms with E-state index in [0.717, 1.165) is 29.8 Å². The number of primary amides is 1. The van der Waals surface area contributed by atoms with Crippen molar-refractivity contribution in [3.63, 3.8) is 0 Å². The van der Waals surface area contributed by atoms with Crippen molar-refractivity contribution in [3.8, 4) is 11.5 Å². The number of nitrogens with zero attached hydrogens (tertiary/aromatic N) is 2. The number of hydrogen-bond acceptors (Lipinski definition) is 5. The molecule has 148 valence electrons. The number of anilines is 1. The third-order valence-electron chi connectivity index (χ3n) is 5.48. The number of ether oxygens (including phenoxy) is 2. The fraction of sp³-hybridized carbons (Fsp3) is 0.450. The highest BCUT2D eigenvalue weighted by Gasteiger charge is 2.32. The molecule has 0 radical (unpaired) electrons. The molecule has 1 aliphatic heterocycles. The van der Waals surface area contributed by atoms with Crippen LogP contribution in [0.5, 0.6) is 11.5 Å². The summed E-state index contributed by atoms with van der Waals surface area (Å²) in [4.78, 5) is 23.5. The SMILES string of the molecule is COc1ccc(C2CC(=O)Nc3c2cnn3C2CCCC2)cc1OCC(N)=O. The number of amides is 2. The lowest BCUT2D eigenvalue weighted by Gasteiger charge is -2.25. The van der Waals surface area contributed by atoms with Crippen molar-refractivity contribution in [3.05, 3.63) is 35.5 Å². The first-order valence-electron chi connectivity index (χ1n) is 9.53. The van der Waals surface area contributed by atoms with Crippen LogP contribution < -0.4 is 20.5 Å². The molecule has 2 aromatic rings. The van der Waals surface area contributed by atoms with Crippen LogP contribution in [-0.2, 0) is 9.59 Å². The predicted molar refractivity (Wildman–Crippen MR) is 103 cm³/mol. The highest BCUT2D eigenvalue weighted by molar-refractivity contribution is 5.94. The molecule has 1 aromatic heterocycles. The highest BCUT2D eigenvalue weighted by atomic mass is 16.5. The summed E-state index contributed by atoms with van der Waals surface area (Å²) in [5, 5.41) is 7.60. The minimum atomic E-state index is -0.565. The number of nitrogens with one attached hydrogen (secondary N) is 1. The molecule has 1 saturated carbocycles. The summed E-state index contributed by atoms with van der Waals surface area (Å²) in [5.41, 5.74) is 7.09. The van der Waals surface area contributed by atoms with Crippen LogP contribution in [0.1, 0.15) is 55.2 Å². The van der Waals surface area contributed by atoms with Gasteiger partial charge in [-0.25, -0.2) is 4.68 Å². The number of fused-ring (bicyclic) bond motifs is 1. The maximum absolute atomic E-state index is 12.4. The van der Waals surface area contributed by atoms with Gasteiger partial charge in [0.2, 0.25) is 5.91 Å². The Morgan fingerprint density at radius 3 is 2.82 bits per heavy atom. The van der Waals surface area contributed by atoms with Crippen LogP contribution in [0.2, 0.25) is 0 Å². The summed E-state index contributed by atoms with van der Waals surface area (Å²) in [6.07, 6.45) is 6.73. The van der Waals surface area contributed by atoms with Gasteiger partial charge in [-0.15, -0.1) is 0 Å². The Hall–Kier alpha value is -3.03. The van der Waals surface area contributed by atoms with Crippen molar-refractivity contribution in [2.75, 3.05) is 19.0 Å². The molecule has 1 aliphatic carbocycles. The molecule has 8 heteroatoms. The number of rotatable bonds is 6. The second kappa shape index (κ2) is 7.53. The molecule has 1 unspecified atom stereocenters. The zero-order chi connectivity index (χ0) is 19.7. The van der Waals surface area contributed by atoms with E-state index in [2.05, 4.69) is 10.4 Å². The molecule has 0 saturated heterocycles. The molecule has 2 aliphatic rings. The molecule has 0 bridgehead atoms. The van der Waals surface area contributed by atoms with Gasteiger partial charge in [0.1, 0.15) is 5.82 Å². The van der Waals surface area contributed by atoms with Gasteiger partial charge in [-0.3, -0.25) is 9.59 Å². The van der Waals surface area contributed by atoms with Gasteiger partial charge in [-0.1, -0.05) is 18.9 Å². The summed E-state index contributed by atoms with van der Waals surface area (Å²) in [7, 11) is 1.53. The van der Waals surface area contributed by atoms with Crippen LogP contribution in [0.25, 0.3) is 0 Å². The van der Waals surface area contributed by atoms with Gasteiger partial charge < -0.3 is 20.5 Å². The maximum atomic E-state index is 12.4. The average Bonchev–Trinajstić information content (AvgIpc) is 3.34. The summed E-state index contributed by atoms with van der Waals surface area (Å²) in [5.74, 6) is 0.989. The molecule has 2 heterocycles. The summed E-state index contributed by atoms with van der Waals surface area (Å²) in [6.45, 7) is -0.240. The van der Waals surface area contributed by atoms with Crippen molar-refractivity contribution in [1.82, 2.24) is 9.78 Å². The van der Waals surface area contributed by atoms with Gasteiger partial charge in [0, 0.05) is 17.9 Å². The lowest BCUT2D eigenvalue weighted by molar-refractivity contribution is -0.120. The molecule has 28 heavy (non-hydrogen) atoms. The van der Waals surface area contributed by atoms with Crippen molar-refractivity contribution in [1.29, 1.82) is 0 Å². The molecule has 4 rings (SSSR count). The van der Waals surface area contributed by atoms with Gasteiger partial charge in [-0.2, -0.15) is 5.10 Å². The van der Waals surface area contributed by atoms with Crippen molar-refractivity contribution < 1.29 is 19.1 Å². The van der Waals surface area contributed by atoms with E-state index in [4.69, 9.17) is 15.2 Å². The van der Waals surface area contributed by atoms with Gasteiger partial charge in [0.15, 0.2) is 18.1 Å². The van der Waals surface area contributed by atoms with Gasteiger partial charge in [-0.05, 0) is 30.5 Å². The first-order chi connectivity index (χ1) is 13.6. The summed E-state index contributed by atoms with van der Waals surface area (Å²) < 4.78 is 12.8. The third-order valence-corrected chi connectivity index (χ3v) is 5.48. The van der Waals surface area contributed by atoms with E-state index in [9.17, 15) is 9.59 Å². The lowest BCUT2D eigenvalue weighted by Crippen LogP contribution is -2.25. The number of carbonyl (C=O) groups excluding carboxylic acids is 2. The fourth-order valence-corrected chi connectivity index (χ4v) is 4.13. The zero-order valence-electron chi connectivity index (χ0n) is 15.8. The predicted octanol–water partition coefficient (Wildman–Crippen LogP) is 2.34. The number of carbonyl (C=O) groups is 2. The molecule has 1 aromatic carbocycles. The Bertz CT molecular complexity index is 902. The molecular weight excluding hydrogens is 360 g/mol. The summed E-state index contributed by atoms with van der Waals surface area (Å²) in [6, 6.07) is 5.84. The standard InChI is InChI=1S/C20H24N4O4/c1-27-16-7-6-12(8-17(16)28-11-18(21)25)14-9-19(26)23-20-15(14)10-22-24(20)13-4-2-3-5-13/h6-8,10,13-14H,2-5,9,11H2,1H3,(H2,21,25)(H,23,26). The van der Waals surface area contributed by atoms with Crippen LogP contribution in [0.4, 0.5) is 5.82 Å². The quantitative estimate of drug-likeness (QED) is 0.795. The maximum Gasteiger partial charge on any atom is 0.255 e. The van der Waals surface area contributed by atoms with Crippen LogP contribution in [0, 0.1) is 0 Å². The first-order valence-corrected chi connectivity index (χ1v) is 9.53. The smallest absolute Gasteiger partial charge is 0.255 e. The van der Waals surface area contributed by atoms with E-state index in [1.807, 2.05) is 23.0 Å². The number of nitrogens with two attached hydrogens (primary N) is 1. The second-order valence-corrected chi connectivity index (χ2v) is 7.30. The van der Waals surface area contributed by atoms with E-state index in [0.29, 0.717) is 24.0 Å². The fourth-order valence-electron chi connectivity index (χ4n) is 4.13. The van der Waals surface area contributed by atoms with Crippen molar-refractivity contribution >= 4 is 17.6 Å². The average molecular weight is 384 g/mol. The molecule has 3 N–H and O–H groups in total. The molecule has 1 fully saturated rings. The monoisotopic (exact) mass is 384 g/mol. The zero-order valence-corrected chi connectivity index (χ0v) is 15.8. The van der Waals surface area contributed by atoms with Crippen molar-refractivity contribution in [2.45, 2.75) is 44.1 Å². The van der Waals surface area contributed by atoms with Crippen molar-refractivity contribution in [2.24, 2.45) is 5.73 Å². The third kappa shape index (κ3) is 3.42. The lowest BCUT2D eigenvalue weighted by atomic mass is 9.87. The Balaban J connectivity index is 1.69. The summed E-state index contributed by atoms with van der Waals surface area (Å²) >= 11 is 0. The van der Waals surface area contributed by atoms with E-state index in [1.165, 1.54) is 20.0 Å². The minimum absolute atomic E-state index is 0.0346. The normalized spacial score (nSPS) is 19.2. The number of hydrogen-bond donors (Lipinski definition) is 2. The second-order valence-electron chi connectivity index (χ2n) is 7.30. The Labute approximate surface area is 163 Å². The van der Waals surface area contributed by atoms with Crippen LogP contribution in [0.15, 0.2) is 24.4 Å². The molecule has 0 spiro atoms. The minimum Gasteiger partial charge on any atom is -0.493 e. The van der Waals surface area contributed by atoms with E-state index in [-0.39, 0.29) is 18.4 Å². The van der Waals surface area contributed by atoms with Crippen LogP contribution in [0.3, 0.4) is 0 Å². The number of methoxy groups -OCH3 is 1. The van der Waals surface area contributed by atoms with E-state index >= 15 is 0 Å². The van der Waals surface area contributed by atoms with Gasteiger partial charge in [0.05, 0.1) is 19.3 Å². The van der Waals surface area contributed by atoms with E-state index in [1.54, 1.807) is 6.07 Å². The number of aromatic nitrogens is 2. The highest BCUT2D eigenvalue weighted by Crippen LogP contribution is 2.42. The molecular formula is C20H24N4O4. The van der Waals surface area contributed by atoms with Gasteiger partial charge >= 0.3 is 0 Å². The molecule has 8 nitrogen and oxygen atoms in total.